The van der Waals surface area contributed by atoms with Gasteiger partial charge in [0.15, 0.2) is 0 Å². The maximum absolute atomic E-state index is 13.1. The van der Waals surface area contributed by atoms with Gasteiger partial charge >= 0.3 is 0 Å². The summed E-state index contributed by atoms with van der Waals surface area (Å²) in [6.07, 6.45) is 1.10. The molecule has 0 aliphatic carbocycles. The number of likely N-dealkylation sites (tertiary alicyclic amines) is 1. The molecule has 3 rings (SSSR count). The fraction of sp³-hybridized carbons (Fsp3) is 0.833. The molecule has 0 bridgehead atoms. The van der Waals surface area contributed by atoms with E-state index in [1.165, 1.54) is 4.31 Å². The molecule has 2 saturated heterocycles. The van der Waals surface area contributed by atoms with E-state index in [4.69, 9.17) is 4.74 Å². The first kappa shape index (κ1) is 24.6. The first-order valence-corrected chi connectivity index (χ1v) is 17.3. The lowest BCUT2D eigenvalue weighted by molar-refractivity contribution is 0.0702. The zero-order valence-electron chi connectivity index (χ0n) is 18.9. The Morgan fingerprint density at radius 2 is 1.84 bits per heavy atom. The molecule has 10 nitrogen and oxygen atoms in total. The molecule has 0 N–H and O–H groups in total. The molecule has 176 valence electrons. The number of ether oxygens (including phenoxy) is 1. The summed E-state index contributed by atoms with van der Waals surface area (Å²) < 4.78 is 59.5. The van der Waals surface area contributed by atoms with Gasteiger partial charge in [-0.15, -0.1) is 5.10 Å². The van der Waals surface area contributed by atoms with Crippen LogP contribution in [0.15, 0.2) is 10.3 Å². The van der Waals surface area contributed by atoms with Crippen molar-refractivity contribution in [1.29, 1.82) is 0 Å². The summed E-state index contributed by atoms with van der Waals surface area (Å²) in [4.78, 5) is 6.15. The van der Waals surface area contributed by atoms with E-state index in [0.29, 0.717) is 19.7 Å². The van der Waals surface area contributed by atoms with Gasteiger partial charge in [0.2, 0.25) is 15.0 Å². The van der Waals surface area contributed by atoms with Gasteiger partial charge in [-0.25, -0.2) is 21.5 Å². The minimum absolute atomic E-state index is 0.0207. The minimum atomic E-state index is -3.97. The van der Waals surface area contributed by atoms with Gasteiger partial charge in [0, 0.05) is 39.7 Å². The summed E-state index contributed by atoms with van der Waals surface area (Å²) in [6.45, 7) is 13.1. The summed E-state index contributed by atoms with van der Waals surface area (Å²) in [5, 5.41) is 3.19. The number of aromatic nitrogens is 3. The second kappa shape index (κ2) is 8.75. The maximum atomic E-state index is 13.1. The Hall–Kier alpha value is -0.993. The topological polar surface area (TPSA) is 115 Å². The molecule has 2 aliphatic heterocycles. The Morgan fingerprint density at radius 1 is 1.16 bits per heavy atom. The van der Waals surface area contributed by atoms with Gasteiger partial charge in [-0.2, -0.15) is 9.29 Å². The van der Waals surface area contributed by atoms with Gasteiger partial charge in [0.1, 0.15) is 6.73 Å². The summed E-state index contributed by atoms with van der Waals surface area (Å²) in [6, 6.07) is 0.901. The van der Waals surface area contributed by atoms with Crippen LogP contribution in [0.5, 0.6) is 0 Å². The molecule has 1 spiro atoms. The fourth-order valence-electron chi connectivity index (χ4n) is 3.95. The molecule has 0 amide bonds. The van der Waals surface area contributed by atoms with Crippen LogP contribution >= 0.6 is 0 Å². The van der Waals surface area contributed by atoms with Crippen LogP contribution in [0.3, 0.4) is 0 Å². The third kappa shape index (κ3) is 5.50. The van der Waals surface area contributed by atoms with Crippen molar-refractivity contribution in [2.45, 2.75) is 55.6 Å². The van der Waals surface area contributed by atoms with Crippen LogP contribution in [0.2, 0.25) is 25.7 Å². The van der Waals surface area contributed by atoms with Gasteiger partial charge in [0.25, 0.3) is 15.2 Å². The Balaban J connectivity index is 1.79. The highest BCUT2D eigenvalue weighted by Gasteiger charge is 2.52. The molecule has 0 atom stereocenters. The zero-order chi connectivity index (χ0) is 23.1. The average molecular weight is 493 g/mol. The Bertz CT molecular complexity index is 997. The molecule has 1 aromatic heterocycles. The first-order chi connectivity index (χ1) is 14.3. The van der Waals surface area contributed by atoms with E-state index < -0.39 is 33.1 Å². The van der Waals surface area contributed by atoms with Crippen molar-refractivity contribution in [3.8, 4) is 0 Å². The number of sulfonamides is 1. The summed E-state index contributed by atoms with van der Waals surface area (Å²) in [7, 11) is -7.09. The van der Waals surface area contributed by atoms with Crippen LogP contribution in [-0.2, 0) is 31.3 Å². The monoisotopic (exact) mass is 492 g/mol. The van der Waals surface area contributed by atoms with Crippen molar-refractivity contribution in [3.63, 3.8) is 0 Å². The quantitative estimate of drug-likeness (QED) is 0.269. The van der Waals surface area contributed by atoms with Crippen molar-refractivity contribution in [1.82, 2.24) is 24.0 Å². The number of nitrogens with zero attached hydrogens (tertiary/aromatic N) is 5. The van der Waals surface area contributed by atoms with Crippen LogP contribution in [0.25, 0.3) is 0 Å². The zero-order valence-corrected chi connectivity index (χ0v) is 21.5. The lowest BCUT2D eigenvalue weighted by Gasteiger charge is -2.46. The number of rotatable bonds is 10. The largest absolute Gasteiger partial charge is 0.359 e. The second-order valence-electron chi connectivity index (χ2n) is 9.96. The molecule has 2 fully saturated rings. The minimum Gasteiger partial charge on any atom is -0.359 e. The van der Waals surface area contributed by atoms with Crippen LogP contribution < -0.4 is 0 Å². The van der Waals surface area contributed by atoms with Crippen molar-refractivity contribution in [3.05, 3.63) is 6.92 Å². The van der Waals surface area contributed by atoms with E-state index in [9.17, 15) is 16.8 Å². The van der Waals surface area contributed by atoms with Crippen molar-refractivity contribution in [2.75, 3.05) is 45.6 Å². The highest BCUT2D eigenvalue weighted by atomic mass is 32.2. The molecular formula is C18H34N5O5S2Si+. The predicted octanol–water partition coefficient (Wildman–Crippen LogP) is 0.914. The normalized spacial score (nSPS) is 20.4. The fourth-order valence-corrected chi connectivity index (χ4v) is 7.49. The van der Waals surface area contributed by atoms with Gasteiger partial charge < -0.3 is 9.64 Å². The molecule has 0 saturated carbocycles. The van der Waals surface area contributed by atoms with E-state index in [2.05, 4.69) is 41.5 Å². The summed E-state index contributed by atoms with van der Waals surface area (Å²) >= 11 is 0. The average Bonchev–Trinajstić information content (AvgIpc) is 3.21. The SMILES string of the molecule is [CH2+]CCS(=O)(=O)c1nc(S(=O)(=O)N2CC3(CCN(C)C3)C2)nn1COCC[Si](C)(C)C. The van der Waals surface area contributed by atoms with E-state index in [0.717, 1.165) is 30.2 Å². The van der Waals surface area contributed by atoms with E-state index >= 15 is 0 Å². The van der Waals surface area contributed by atoms with Gasteiger partial charge in [-0.1, -0.05) is 19.6 Å². The summed E-state index contributed by atoms with van der Waals surface area (Å²) in [5.74, 6) is -0.237. The van der Waals surface area contributed by atoms with Crippen molar-refractivity contribution < 1.29 is 21.6 Å². The molecular weight excluding hydrogens is 458 g/mol. The lowest BCUT2D eigenvalue weighted by Crippen LogP contribution is -2.59. The smallest absolute Gasteiger partial charge is 0.283 e. The van der Waals surface area contributed by atoms with Gasteiger partial charge in [-0.3, -0.25) is 0 Å². The van der Waals surface area contributed by atoms with E-state index in [-0.39, 0.29) is 29.5 Å². The van der Waals surface area contributed by atoms with Crippen molar-refractivity contribution in [2.24, 2.45) is 5.41 Å². The third-order valence-corrected chi connectivity index (χ3v) is 10.7. The van der Waals surface area contributed by atoms with Gasteiger partial charge in [0.05, 0.1) is 19.1 Å². The van der Waals surface area contributed by atoms with Crippen LogP contribution in [-0.4, -0.2) is 94.5 Å². The predicted molar refractivity (Wildman–Crippen MR) is 119 cm³/mol. The molecule has 31 heavy (non-hydrogen) atoms. The van der Waals surface area contributed by atoms with Crippen LogP contribution in [0.4, 0.5) is 0 Å². The molecule has 0 radical (unpaired) electrons. The second-order valence-corrected chi connectivity index (χ2v) is 19.4. The Morgan fingerprint density at radius 3 is 2.39 bits per heavy atom. The standard InChI is InChI=1S/C18H34N5O5S2Si/c1-6-10-29(24,25)17-19-16(20-23(17)15-28-9-11-31(3,4)5)30(26,27)22-13-18(14-22)7-8-21(2)12-18/h1,6-15H2,2-5H3/q+1. The first-order valence-electron chi connectivity index (χ1n) is 10.5. The number of sulfone groups is 1. The molecule has 0 unspecified atom stereocenters. The van der Waals surface area contributed by atoms with E-state index in [1.807, 2.05) is 7.05 Å². The molecule has 1 aromatic rings. The Kier molecular flexibility index (Phi) is 6.95. The van der Waals surface area contributed by atoms with Crippen LogP contribution in [0.1, 0.15) is 12.8 Å². The molecule has 2 aliphatic rings. The maximum Gasteiger partial charge on any atom is 0.283 e. The highest BCUT2D eigenvalue weighted by molar-refractivity contribution is 7.91. The van der Waals surface area contributed by atoms with Crippen molar-refractivity contribution >= 4 is 27.9 Å². The number of hydrogen-bond donors (Lipinski definition) is 0. The van der Waals surface area contributed by atoms with Gasteiger partial charge in [-0.05, 0) is 26.1 Å². The number of hydrogen-bond acceptors (Lipinski definition) is 8. The highest BCUT2D eigenvalue weighted by Crippen LogP contribution is 2.41. The third-order valence-electron chi connectivity index (χ3n) is 5.74. The molecule has 13 heteroatoms. The summed E-state index contributed by atoms with van der Waals surface area (Å²) in [5.41, 5.74) is -0.0207. The lowest BCUT2D eigenvalue weighted by atomic mass is 9.81. The molecule has 3 heterocycles. The molecule has 0 aromatic carbocycles. The van der Waals surface area contributed by atoms with E-state index in [1.54, 1.807) is 0 Å². The van der Waals surface area contributed by atoms with Crippen LogP contribution in [0, 0.1) is 12.3 Å². The Labute approximate surface area is 186 Å².